The van der Waals surface area contributed by atoms with Crippen LogP contribution in [0, 0.1) is 5.92 Å². The highest BCUT2D eigenvalue weighted by atomic mass is 15.0. The zero-order valence-corrected chi connectivity index (χ0v) is 11.1. The Morgan fingerprint density at radius 3 is 2.84 bits per heavy atom. The fourth-order valence-electron chi connectivity index (χ4n) is 2.85. The number of aromatic nitrogens is 2. The van der Waals surface area contributed by atoms with E-state index in [1.807, 2.05) is 18.2 Å². The number of fused-ring (bicyclic) bond motifs is 1. The van der Waals surface area contributed by atoms with Gasteiger partial charge in [0, 0.05) is 17.6 Å². The number of nitrogens with two attached hydrogens (primary N) is 1. The van der Waals surface area contributed by atoms with Gasteiger partial charge in [0.05, 0.1) is 5.52 Å². The molecule has 0 radical (unpaired) electrons. The third-order valence-corrected chi connectivity index (χ3v) is 3.94. The molecule has 1 aromatic carbocycles. The van der Waals surface area contributed by atoms with Crippen molar-refractivity contribution < 1.29 is 0 Å². The minimum absolute atomic E-state index is 0.740. The lowest BCUT2D eigenvalue weighted by Crippen LogP contribution is -2.17. The molecule has 1 aliphatic rings. The second kappa shape index (κ2) is 5.43. The normalized spacial score (nSPS) is 16.6. The molecular weight excluding hydrogens is 236 g/mol. The summed E-state index contributed by atoms with van der Waals surface area (Å²) in [5.41, 5.74) is 7.43. The lowest BCUT2D eigenvalue weighted by Gasteiger charge is -2.22. The summed E-state index contributed by atoms with van der Waals surface area (Å²) < 4.78 is 0. The zero-order chi connectivity index (χ0) is 13.1. The number of hydrogen-bond donors (Lipinski definition) is 2. The maximum atomic E-state index is 5.78. The van der Waals surface area contributed by atoms with Gasteiger partial charge in [0.1, 0.15) is 12.1 Å². The first kappa shape index (κ1) is 12.2. The van der Waals surface area contributed by atoms with E-state index in [1.165, 1.54) is 32.1 Å². The summed E-state index contributed by atoms with van der Waals surface area (Å²) in [5.74, 6) is 1.71. The highest BCUT2D eigenvalue weighted by Gasteiger charge is 2.13. The molecule has 0 spiro atoms. The van der Waals surface area contributed by atoms with Crippen LogP contribution in [0.2, 0.25) is 0 Å². The maximum Gasteiger partial charge on any atom is 0.137 e. The Hall–Kier alpha value is -1.84. The average Bonchev–Trinajstić information content (AvgIpc) is 2.45. The third kappa shape index (κ3) is 2.78. The van der Waals surface area contributed by atoms with Crippen LogP contribution < -0.4 is 11.1 Å². The Morgan fingerprint density at radius 2 is 2.00 bits per heavy atom. The molecule has 0 atom stereocenters. The van der Waals surface area contributed by atoms with Gasteiger partial charge in [0.15, 0.2) is 0 Å². The molecule has 0 bridgehead atoms. The molecule has 1 aliphatic carbocycles. The van der Waals surface area contributed by atoms with Crippen molar-refractivity contribution >= 4 is 22.4 Å². The first-order chi connectivity index (χ1) is 9.33. The van der Waals surface area contributed by atoms with Gasteiger partial charge >= 0.3 is 0 Å². The summed E-state index contributed by atoms with van der Waals surface area (Å²) in [6.45, 7) is 1.01. The molecule has 100 valence electrons. The number of hydrogen-bond acceptors (Lipinski definition) is 4. The Balaban J connectivity index is 1.76. The fourth-order valence-corrected chi connectivity index (χ4v) is 2.85. The number of anilines is 2. The molecule has 4 heteroatoms. The molecular formula is C15H20N4. The molecule has 0 saturated heterocycles. The van der Waals surface area contributed by atoms with Gasteiger partial charge in [-0.1, -0.05) is 19.3 Å². The van der Waals surface area contributed by atoms with Gasteiger partial charge in [-0.25, -0.2) is 9.97 Å². The summed E-state index contributed by atoms with van der Waals surface area (Å²) in [7, 11) is 0. The topological polar surface area (TPSA) is 63.8 Å². The fraction of sp³-hybridized carbons (Fsp3) is 0.467. The van der Waals surface area contributed by atoms with Crippen LogP contribution in [-0.4, -0.2) is 16.5 Å². The van der Waals surface area contributed by atoms with Gasteiger partial charge in [-0.15, -0.1) is 0 Å². The smallest absolute Gasteiger partial charge is 0.137 e. The molecule has 4 nitrogen and oxygen atoms in total. The van der Waals surface area contributed by atoms with E-state index in [1.54, 1.807) is 6.33 Å². The van der Waals surface area contributed by atoms with E-state index < -0.39 is 0 Å². The predicted molar refractivity (Wildman–Crippen MR) is 79.0 cm³/mol. The van der Waals surface area contributed by atoms with Crippen LogP contribution >= 0.6 is 0 Å². The van der Waals surface area contributed by atoms with Crippen molar-refractivity contribution in [3.8, 4) is 0 Å². The largest absolute Gasteiger partial charge is 0.399 e. The van der Waals surface area contributed by atoms with Gasteiger partial charge in [0.2, 0.25) is 0 Å². The Kier molecular flexibility index (Phi) is 3.49. The van der Waals surface area contributed by atoms with Crippen LogP contribution in [-0.2, 0) is 0 Å². The first-order valence-electron chi connectivity index (χ1n) is 7.07. The minimum Gasteiger partial charge on any atom is -0.399 e. The molecule has 1 aromatic heterocycles. The van der Waals surface area contributed by atoms with Crippen LogP contribution in [0.15, 0.2) is 24.5 Å². The number of nitrogens with one attached hydrogen (secondary N) is 1. The van der Waals surface area contributed by atoms with Gasteiger partial charge in [0.25, 0.3) is 0 Å². The van der Waals surface area contributed by atoms with E-state index in [-0.39, 0.29) is 0 Å². The van der Waals surface area contributed by atoms with Crippen LogP contribution in [0.4, 0.5) is 11.5 Å². The number of benzene rings is 1. The van der Waals surface area contributed by atoms with Gasteiger partial charge in [-0.2, -0.15) is 0 Å². The van der Waals surface area contributed by atoms with E-state index in [4.69, 9.17) is 5.73 Å². The van der Waals surface area contributed by atoms with Gasteiger partial charge in [-0.05, 0) is 37.0 Å². The van der Waals surface area contributed by atoms with Crippen molar-refractivity contribution in [3.63, 3.8) is 0 Å². The Bertz CT molecular complexity index is 561. The zero-order valence-electron chi connectivity index (χ0n) is 11.1. The van der Waals surface area contributed by atoms with Crippen molar-refractivity contribution in [2.45, 2.75) is 32.1 Å². The molecule has 0 aliphatic heterocycles. The predicted octanol–water partition coefficient (Wildman–Crippen LogP) is 3.20. The maximum absolute atomic E-state index is 5.78. The molecule has 3 N–H and O–H groups in total. The van der Waals surface area contributed by atoms with Crippen molar-refractivity contribution in [2.24, 2.45) is 5.92 Å². The molecule has 1 saturated carbocycles. The van der Waals surface area contributed by atoms with Crippen LogP contribution in [0.1, 0.15) is 32.1 Å². The summed E-state index contributed by atoms with van der Waals surface area (Å²) in [4.78, 5) is 8.62. The van der Waals surface area contributed by atoms with Crippen LogP contribution in [0.3, 0.4) is 0 Å². The monoisotopic (exact) mass is 256 g/mol. The molecule has 1 fully saturated rings. The molecule has 0 unspecified atom stereocenters. The Labute approximate surface area is 113 Å². The molecule has 1 heterocycles. The summed E-state index contributed by atoms with van der Waals surface area (Å²) >= 11 is 0. The van der Waals surface area contributed by atoms with Crippen molar-refractivity contribution in [1.29, 1.82) is 0 Å². The van der Waals surface area contributed by atoms with Gasteiger partial charge < -0.3 is 11.1 Å². The molecule has 19 heavy (non-hydrogen) atoms. The lowest BCUT2D eigenvalue weighted by atomic mass is 9.89. The van der Waals surface area contributed by atoms with E-state index in [2.05, 4.69) is 15.3 Å². The first-order valence-corrected chi connectivity index (χ1v) is 7.07. The minimum atomic E-state index is 0.740. The summed E-state index contributed by atoms with van der Waals surface area (Å²) in [5, 5.41) is 4.53. The second-order valence-electron chi connectivity index (χ2n) is 5.38. The van der Waals surface area contributed by atoms with E-state index >= 15 is 0 Å². The van der Waals surface area contributed by atoms with Crippen molar-refractivity contribution in [2.75, 3.05) is 17.6 Å². The molecule has 2 aromatic rings. The van der Waals surface area contributed by atoms with Gasteiger partial charge in [-0.3, -0.25) is 0 Å². The number of rotatable bonds is 3. The van der Waals surface area contributed by atoms with E-state index in [0.717, 1.165) is 34.9 Å². The van der Waals surface area contributed by atoms with Crippen LogP contribution in [0.25, 0.3) is 10.9 Å². The van der Waals surface area contributed by atoms with Crippen molar-refractivity contribution in [1.82, 2.24) is 9.97 Å². The summed E-state index contributed by atoms with van der Waals surface area (Å²) in [6, 6.07) is 5.79. The second-order valence-corrected chi connectivity index (χ2v) is 5.38. The quantitative estimate of drug-likeness (QED) is 0.828. The highest BCUT2D eigenvalue weighted by molar-refractivity contribution is 5.90. The Morgan fingerprint density at radius 1 is 1.16 bits per heavy atom. The van der Waals surface area contributed by atoms with Crippen LogP contribution in [0.5, 0.6) is 0 Å². The third-order valence-electron chi connectivity index (χ3n) is 3.94. The number of nitrogens with zero attached hydrogens (tertiary/aromatic N) is 2. The molecule has 3 rings (SSSR count). The molecule has 0 amide bonds. The highest BCUT2D eigenvalue weighted by Crippen LogP contribution is 2.25. The lowest BCUT2D eigenvalue weighted by molar-refractivity contribution is 0.373. The average molecular weight is 256 g/mol. The standard InChI is InChI=1S/C15H20N4/c16-12-6-7-13-14(8-12)18-10-19-15(13)17-9-11-4-2-1-3-5-11/h6-8,10-11H,1-5,9,16H2,(H,17,18,19). The SMILES string of the molecule is Nc1ccc2c(NCC3CCCCC3)ncnc2c1. The van der Waals surface area contributed by atoms with E-state index in [0.29, 0.717) is 0 Å². The van der Waals surface area contributed by atoms with E-state index in [9.17, 15) is 0 Å². The number of nitrogen functional groups attached to an aromatic ring is 1. The van der Waals surface area contributed by atoms with Crippen molar-refractivity contribution in [3.05, 3.63) is 24.5 Å². The summed E-state index contributed by atoms with van der Waals surface area (Å²) in [6.07, 6.45) is 8.41.